The summed E-state index contributed by atoms with van der Waals surface area (Å²) in [6.07, 6.45) is 1.79. The van der Waals surface area contributed by atoms with Gasteiger partial charge in [-0.1, -0.05) is 27.7 Å². The van der Waals surface area contributed by atoms with Crippen molar-refractivity contribution in [2.75, 3.05) is 0 Å². The largest absolute Gasteiger partial charge is 0.412 e. The van der Waals surface area contributed by atoms with E-state index in [4.69, 9.17) is 8.85 Å². The maximum atomic E-state index is 6.65. The second kappa shape index (κ2) is 6.85. The third kappa shape index (κ3) is 5.81. The first-order valence-corrected chi connectivity index (χ1v) is 15.5. The fraction of sp³-hybridized carbons (Fsp3) is 1.00. The molecule has 0 radical (unpaired) electrons. The molecule has 0 spiro atoms. The lowest BCUT2D eigenvalue weighted by Gasteiger charge is -2.37. The molecule has 126 valence electrons. The summed E-state index contributed by atoms with van der Waals surface area (Å²) in [6, 6.07) is 0. The summed E-state index contributed by atoms with van der Waals surface area (Å²) < 4.78 is 13.2. The number of hydrogen-bond donors (Lipinski definition) is 0. The van der Waals surface area contributed by atoms with Gasteiger partial charge in [-0.15, -0.1) is 0 Å². The molecule has 0 saturated heterocycles. The molecule has 4 heteroatoms. The molecule has 21 heavy (non-hydrogen) atoms. The van der Waals surface area contributed by atoms with E-state index < -0.39 is 16.6 Å². The highest BCUT2D eigenvalue weighted by Gasteiger charge is 2.49. The molecule has 1 saturated carbocycles. The Morgan fingerprint density at radius 3 is 1.57 bits per heavy atom. The van der Waals surface area contributed by atoms with Crippen molar-refractivity contribution in [1.82, 2.24) is 0 Å². The first-order valence-electron chi connectivity index (χ1n) is 8.67. The Bertz CT molecular complexity index is 329. The fourth-order valence-corrected chi connectivity index (χ4v) is 6.04. The molecule has 2 nitrogen and oxygen atoms in total. The SMILES string of the molecule is CC(C)C1CC(O[Si](C)(C)C)C(O[Si](C)(C)C)C1C(C)C. The first-order chi connectivity index (χ1) is 9.32. The van der Waals surface area contributed by atoms with Crippen LogP contribution in [0.3, 0.4) is 0 Å². The average molecular weight is 331 g/mol. The molecular formula is C17H38O2Si2. The van der Waals surface area contributed by atoms with Crippen molar-refractivity contribution in [3.05, 3.63) is 0 Å². The van der Waals surface area contributed by atoms with Crippen LogP contribution in [0.1, 0.15) is 34.1 Å². The maximum Gasteiger partial charge on any atom is 0.184 e. The molecule has 0 aromatic carbocycles. The molecule has 0 heterocycles. The average Bonchev–Trinajstić information content (AvgIpc) is 2.52. The van der Waals surface area contributed by atoms with Crippen LogP contribution < -0.4 is 0 Å². The molecule has 0 aromatic rings. The Kier molecular flexibility index (Phi) is 6.33. The predicted octanol–water partition coefficient (Wildman–Crippen LogP) is 5.37. The van der Waals surface area contributed by atoms with Crippen molar-refractivity contribution >= 4 is 16.6 Å². The molecule has 1 fully saturated rings. The van der Waals surface area contributed by atoms with Crippen molar-refractivity contribution < 1.29 is 8.85 Å². The molecule has 0 N–H and O–H groups in total. The van der Waals surface area contributed by atoms with Crippen LogP contribution in [0.2, 0.25) is 39.3 Å². The summed E-state index contributed by atoms with van der Waals surface area (Å²) in [7, 11) is -3.09. The Morgan fingerprint density at radius 2 is 1.24 bits per heavy atom. The smallest absolute Gasteiger partial charge is 0.184 e. The summed E-state index contributed by atoms with van der Waals surface area (Å²) >= 11 is 0. The Balaban J connectivity index is 3.05. The molecule has 0 amide bonds. The topological polar surface area (TPSA) is 18.5 Å². The zero-order chi connectivity index (χ0) is 16.6. The van der Waals surface area contributed by atoms with Gasteiger partial charge in [0, 0.05) is 0 Å². The van der Waals surface area contributed by atoms with Gasteiger partial charge < -0.3 is 8.85 Å². The van der Waals surface area contributed by atoms with Gasteiger partial charge in [-0.2, -0.15) is 0 Å². The molecular weight excluding hydrogens is 292 g/mol. The summed E-state index contributed by atoms with van der Waals surface area (Å²) in [5.74, 6) is 2.74. The molecule has 1 aliphatic rings. The second-order valence-corrected chi connectivity index (χ2v) is 18.3. The van der Waals surface area contributed by atoms with Gasteiger partial charge in [-0.3, -0.25) is 0 Å². The fourth-order valence-electron chi connectivity index (χ4n) is 3.77. The van der Waals surface area contributed by atoms with Crippen LogP contribution in [0.5, 0.6) is 0 Å². The van der Waals surface area contributed by atoms with E-state index in [1.54, 1.807) is 0 Å². The van der Waals surface area contributed by atoms with Gasteiger partial charge in [0.05, 0.1) is 12.2 Å². The molecule has 1 rings (SSSR count). The third-order valence-corrected chi connectivity index (χ3v) is 6.35. The summed E-state index contributed by atoms with van der Waals surface area (Å²) in [6.45, 7) is 23.2. The van der Waals surface area contributed by atoms with E-state index in [9.17, 15) is 0 Å². The van der Waals surface area contributed by atoms with Gasteiger partial charge >= 0.3 is 0 Å². The molecule has 4 unspecified atom stereocenters. The number of hydrogen-bond acceptors (Lipinski definition) is 2. The van der Waals surface area contributed by atoms with Crippen molar-refractivity contribution in [3.63, 3.8) is 0 Å². The number of rotatable bonds is 6. The highest BCUT2D eigenvalue weighted by molar-refractivity contribution is 6.70. The Labute approximate surface area is 135 Å². The van der Waals surface area contributed by atoms with Gasteiger partial charge in [0.25, 0.3) is 0 Å². The molecule has 1 aliphatic carbocycles. The van der Waals surface area contributed by atoms with E-state index in [1.165, 1.54) is 6.42 Å². The van der Waals surface area contributed by atoms with Crippen molar-refractivity contribution in [3.8, 4) is 0 Å². The normalized spacial score (nSPS) is 31.4. The Hall–Kier alpha value is 0.354. The van der Waals surface area contributed by atoms with E-state index >= 15 is 0 Å². The van der Waals surface area contributed by atoms with E-state index in [2.05, 4.69) is 67.0 Å². The quantitative estimate of drug-likeness (QED) is 0.609. The predicted molar refractivity (Wildman–Crippen MR) is 97.7 cm³/mol. The zero-order valence-corrected chi connectivity index (χ0v) is 18.0. The maximum absolute atomic E-state index is 6.65. The van der Waals surface area contributed by atoms with E-state index in [1.807, 2.05) is 0 Å². The van der Waals surface area contributed by atoms with Crippen LogP contribution >= 0.6 is 0 Å². The van der Waals surface area contributed by atoms with Crippen molar-refractivity contribution in [2.24, 2.45) is 23.7 Å². The zero-order valence-electron chi connectivity index (χ0n) is 16.0. The van der Waals surface area contributed by atoms with Crippen LogP contribution in [0.25, 0.3) is 0 Å². The first kappa shape index (κ1) is 19.4. The van der Waals surface area contributed by atoms with Crippen LogP contribution in [-0.4, -0.2) is 28.8 Å². The molecule has 4 atom stereocenters. The van der Waals surface area contributed by atoms with Gasteiger partial charge in [0.15, 0.2) is 16.6 Å². The molecule has 0 aliphatic heterocycles. The summed E-state index contributed by atoms with van der Waals surface area (Å²) in [5.41, 5.74) is 0. The van der Waals surface area contributed by atoms with Gasteiger partial charge in [-0.25, -0.2) is 0 Å². The molecule has 0 bridgehead atoms. The Morgan fingerprint density at radius 1 is 0.762 bits per heavy atom. The lowest BCUT2D eigenvalue weighted by Crippen LogP contribution is -2.45. The standard InChI is InChI=1S/C17H38O2Si2/c1-12(2)14-11-15(18-20(5,6)7)17(16(14)13(3)4)19-21(8,9)10/h12-17H,11H2,1-10H3. The summed E-state index contributed by atoms with van der Waals surface area (Å²) in [4.78, 5) is 0. The third-order valence-electron chi connectivity index (χ3n) is 4.37. The minimum atomic E-state index is -1.56. The van der Waals surface area contributed by atoms with Gasteiger partial charge in [-0.05, 0) is 69.4 Å². The lowest BCUT2D eigenvalue weighted by molar-refractivity contribution is 0.0267. The van der Waals surface area contributed by atoms with Gasteiger partial charge in [0.2, 0.25) is 0 Å². The van der Waals surface area contributed by atoms with E-state index in [0.29, 0.717) is 30.0 Å². The highest BCUT2D eigenvalue weighted by atomic mass is 28.4. The summed E-state index contributed by atoms with van der Waals surface area (Å²) in [5, 5.41) is 0. The van der Waals surface area contributed by atoms with E-state index in [0.717, 1.165) is 5.92 Å². The van der Waals surface area contributed by atoms with Crippen LogP contribution in [0.4, 0.5) is 0 Å². The van der Waals surface area contributed by atoms with Crippen LogP contribution in [-0.2, 0) is 8.85 Å². The van der Waals surface area contributed by atoms with E-state index in [-0.39, 0.29) is 0 Å². The highest BCUT2D eigenvalue weighted by Crippen LogP contribution is 2.45. The molecule has 0 aromatic heterocycles. The van der Waals surface area contributed by atoms with Crippen LogP contribution in [0.15, 0.2) is 0 Å². The minimum Gasteiger partial charge on any atom is -0.412 e. The van der Waals surface area contributed by atoms with Crippen molar-refractivity contribution in [1.29, 1.82) is 0 Å². The monoisotopic (exact) mass is 330 g/mol. The minimum absolute atomic E-state index is 0.302. The second-order valence-electron chi connectivity index (χ2n) is 9.43. The lowest BCUT2D eigenvalue weighted by atomic mass is 9.79. The van der Waals surface area contributed by atoms with Crippen LogP contribution in [0, 0.1) is 23.7 Å². The van der Waals surface area contributed by atoms with Gasteiger partial charge in [0.1, 0.15) is 0 Å². The van der Waals surface area contributed by atoms with Crippen molar-refractivity contribution in [2.45, 2.75) is 85.6 Å².